The summed E-state index contributed by atoms with van der Waals surface area (Å²) in [5, 5.41) is 15.3. The van der Waals surface area contributed by atoms with E-state index in [0.717, 1.165) is 12.4 Å². The van der Waals surface area contributed by atoms with E-state index in [2.05, 4.69) is 9.97 Å². The Bertz CT molecular complexity index is 340. The monoisotopic (exact) mass is 185 g/mol. The molecule has 1 rings (SSSR count). The van der Waals surface area contributed by atoms with Crippen LogP contribution >= 0.6 is 11.6 Å². The van der Waals surface area contributed by atoms with Gasteiger partial charge in [0.1, 0.15) is 11.3 Å². The van der Waals surface area contributed by atoms with Crippen LogP contribution in [0.3, 0.4) is 0 Å². The Hall–Kier alpha value is -1.49. The number of hydrogen-bond donors (Lipinski definition) is 2. The first-order valence-corrected chi connectivity index (χ1v) is 3.29. The van der Waals surface area contributed by atoms with Gasteiger partial charge in [-0.2, -0.15) is 0 Å². The van der Waals surface area contributed by atoms with Gasteiger partial charge in [-0.15, -0.1) is 0 Å². The minimum absolute atomic E-state index is 0.00231. The Morgan fingerprint density at radius 2 is 2.42 bits per heavy atom. The third kappa shape index (κ3) is 1.57. The summed E-state index contributed by atoms with van der Waals surface area (Å²) in [5.74, 6) is -1.18. The summed E-state index contributed by atoms with van der Waals surface area (Å²) in [6.45, 7) is 0. The molecule has 0 spiro atoms. The number of hydrogen-bond acceptors (Lipinski definition) is 4. The highest BCUT2D eigenvalue weighted by atomic mass is 35.5. The molecule has 0 radical (unpaired) electrons. The predicted octanol–water partition coefficient (Wildman–Crippen LogP) is 0.826. The second kappa shape index (κ2) is 3.27. The molecule has 12 heavy (non-hydrogen) atoms. The first kappa shape index (κ1) is 8.61. The van der Waals surface area contributed by atoms with E-state index >= 15 is 0 Å². The molecular formula is C6H4ClN3O2. The number of nitrogens with one attached hydrogen (secondary N) is 1. The van der Waals surface area contributed by atoms with Crippen LogP contribution < -0.4 is 0 Å². The van der Waals surface area contributed by atoms with Crippen LogP contribution in [0.1, 0.15) is 16.1 Å². The van der Waals surface area contributed by atoms with Crippen LogP contribution in [-0.4, -0.2) is 27.3 Å². The van der Waals surface area contributed by atoms with Gasteiger partial charge in [0.15, 0.2) is 0 Å². The highest BCUT2D eigenvalue weighted by molar-refractivity contribution is 6.28. The summed E-state index contributed by atoms with van der Waals surface area (Å²) in [7, 11) is 0. The Kier molecular flexibility index (Phi) is 2.35. The average Bonchev–Trinajstić information content (AvgIpc) is 2.03. The minimum atomic E-state index is -1.18. The number of carboxylic acids is 1. The van der Waals surface area contributed by atoms with Crippen molar-refractivity contribution in [1.29, 1.82) is 5.41 Å². The lowest BCUT2D eigenvalue weighted by Gasteiger charge is -1.97. The summed E-state index contributed by atoms with van der Waals surface area (Å²) in [5.41, 5.74) is -0.128. The molecule has 0 amide bonds. The van der Waals surface area contributed by atoms with Crippen molar-refractivity contribution in [3.63, 3.8) is 0 Å². The summed E-state index contributed by atoms with van der Waals surface area (Å²) in [6, 6.07) is 0. The molecule has 0 aliphatic carbocycles. The van der Waals surface area contributed by atoms with E-state index in [-0.39, 0.29) is 16.5 Å². The zero-order valence-electron chi connectivity index (χ0n) is 5.78. The van der Waals surface area contributed by atoms with E-state index in [9.17, 15) is 4.79 Å². The summed E-state index contributed by atoms with van der Waals surface area (Å²) >= 11 is 5.38. The van der Waals surface area contributed by atoms with Gasteiger partial charge in [-0.05, 0) is 11.6 Å². The molecule has 0 saturated carbocycles. The first-order valence-electron chi connectivity index (χ1n) is 2.91. The lowest BCUT2D eigenvalue weighted by Crippen LogP contribution is -2.05. The number of halogens is 1. The molecule has 6 heteroatoms. The fourth-order valence-corrected chi connectivity index (χ4v) is 0.787. The first-order chi connectivity index (χ1) is 5.65. The van der Waals surface area contributed by atoms with Gasteiger partial charge in [-0.1, -0.05) is 0 Å². The lowest BCUT2D eigenvalue weighted by atomic mass is 10.2. The number of carbonyl (C=O) groups is 1. The molecule has 0 unspecified atom stereocenters. The fraction of sp³-hybridized carbons (Fsp3) is 0. The van der Waals surface area contributed by atoms with Crippen LogP contribution in [0.15, 0.2) is 6.20 Å². The molecule has 0 fully saturated rings. The predicted molar refractivity (Wildman–Crippen MR) is 41.9 cm³/mol. The van der Waals surface area contributed by atoms with Crippen LogP contribution in [0, 0.1) is 5.41 Å². The second-order valence-corrected chi connectivity index (χ2v) is 2.23. The van der Waals surface area contributed by atoms with Gasteiger partial charge < -0.3 is 10.5 Å². The quantitative estimate of drug-likeness (QED) is 0.528. The minimum Gasteiger partial charge on any atom is -0.478 e. The van der Waals surface area contributed by atoms with Gasteiger partial charge in [0.05, 0.1) is 0 Å². The van der Waals surface area contributed by atoms with E-state index in [4.69, 9.17) is 22.1 Å². The van der Waals surface area contributed by atoms with E-state index in [0.29, 0.717) is 0 Å². The van der Waals surface area contributed by atoms with Crippen LogP contribution in [0.5, 0.6) is 0 Å². The van der Waals surface area contributed by atoms with E-state index in [1.54, 1.807) is 0 Å². The van der Waals surface area contributed by atoms with Crippen molar-refractivity contribution in [3.8, 4) is 0 Å². The van der Waals surface area contributed by atoms with Crippen LogP contribution in [0.4, 0.5) is 0 Å². The zero-order valence-corrected chi connectivity index (χ0v) is 6.54. The van der Waals surface area contributed by atoms with E-state index in [1.165, 1.54) is 0 Å². The van der Waals surface area contributed by atoms with Gasteiger partial charge in [-0.25, -0.2) is 14.8 Å². The van der Waals surface area contributed by atoms with Gasteiger partial charge in [0.2, 0.25) is 5.28 Å². The SMILES string of the molecule is N=Cc1nc(Cl)ncc1C(=O)O. The van der Waals surface area contributed by atoms with Crippen molar-refractivity contribution in [2.45, 2.75) is 0 Å². The molecule has 0 atom stereocenters. The van der Waals surface area contributed by atoms with Crippen LogP contribution in [-0.2, 0) is 0 Å². The Morgan fingerprint density at radius 3 is 2.92 bits per heavy atom. The number of nitrogens with zero attached hydrogens (tertiary/aromatic N) is 2. The molecule has 5 nitrogen and oxygen atoms in total. The highest BCUT2D eigenvalue weighted by Gasteiger charge is 2.10. The third-order valence-electron chi connectivity index (χ3n) is 1.16. The second-order valence-electron chi connectivity index (χ2n) is 1.89. The molecule has 0 saturated heterocycles. The van der Waals surface area contributed by atoms with Crippen molar-refractivity contribution in [2.24, 2.45) is 0 Å². The number of carboxylic acid groups (broad SMARTS) is 1. The molecule has 0 bridgehead atoms. The molecule has 62 valence electrons. The molecule has 0 aromatic carbocycles. The van der Waals surface area contributed by atoms with Crippen LogP contribution in [0.25, 0.3) is 0 Å². The summed E-state index contributed by atoms with van der Waals surface area (Å²) in [4.78, 5) is 17.5. The van der Waals surface area contributed by atoms with Crippen molar-refractivity contribution >= 4 is 23.8 Å². The van der Waals surface area contributed by atoms with Gasteiger partial charge in [0.25, 0.3) is 0 Å². The molecular weight excluding hydrogens is 182 g/mol. The van der Waals surface area contributed by atoms with Gasteiger partial charge >= 0.3 is 5.97 Å². The number of rotatable bonds is 2. The van der Waals surface area contributed by atoms with E-state index in [1.807, 2.05) is 0 Å². The lowest BCUT2D eigenvalue weighted by molar-refractivity contribution is 0.0696. The van der Waals surface area contributed by atoms with Gasteiger partial charge in [0, 0.05) is 12.4 Å². The van der Waals surface area contributed by atoms with E-state index < -0.39 is 5.97 Å². The van der Waals surface area contributed by atoms with Crippen LogP contribution in [0.2, 0.25) is 5.28 Å². The van der Waals surface area contributed by atoms with Crippen molar-refractivity contribution < 1.29 is 9.90 Å². The number of aromatic carboxylic acids is 1. The normalized spacial score (nSPS) is 9.42. The van der Waals surface area contributed by atoms with Crippen molar-refractivity contribution in [1.82, 2.24) is 9.97 Å². The Labute approximate surface area is 72.5 Å². The topological polar surface area (TPSA) is 86.9 Å². The van der Waals surface area contributed by atoms with Gasteiger partial charge in [-0.3, -0.25) is 0 Å². The molecule has 0 aliphatic heterocycles. The maximum atomic E-state index is 10.5. The maximum absolute atomic E-state index is 10.5. The number of aromatic nitrogens is 2. The Balaban J connectivity index is 3.29. The molecule has 2 N–H and O–H groups in total. The maximum Gasteiger partial charge on any atom is 0.339 e. The standard InChI is InChI=1S/C6H4ClN3O2/c7-6-9-2-3(5(11)12)4(1-8)10-6/h1-2,8H,(H,11,12). The van der Waals surface area contributed by atoms with Crippen molar-refractivity contribution in [3.05, 3.63) is 22.7 Å². The zero-order chi connectivity index (χ0) is 9.14. The highest BCUT2D eigenvalue weighted by Crippen LogP contribution is 2.05. The van der Waals surface area contributed by atoms with Crippen molar-refractivity contribution in [2.75, 3.05) is 0 Å². The summed E-state index contributed by atoms with van der Waals surface area (Å²) < 4.78 is 0. The third-order valence-corrected chi connectivity index (χ3v) is 1.34. The Morgan fingerprint density at radius 1 is 1.75 bits per heavy atom. The largest absolute Gasteiger partial charge is 0.478 e. The molecule has 1 aromatic rings. The summed E-state index contributed by atoms with van der Waals surface area (Å²) in [6.07, 6.45) is 1.88. The fourth-order valence-electron chi connectivity index (χ4n) is 0.647. The molecule has 1 heterocycles. The smallest absolute Gasteiger partial charge is 0.339 e. The average molecular weight is 186 g/mol. The molecule has 0 aliphatic rings. The molecule has 1 aromatic heterocycles.